The number of carbonyl (C=O) groups excluding carboxylic acids is 1. The molecular formula is C34H31BrN2O9S. The smallest absolute Gasteiger partial charge is 0.337 e. The van der Waals surface area contributed by atoms with Gasteiger partial charge >= 0.3 is 5.97 Å². The minimum Gasteiger partial charge on any atom is -0.493 e. The van der Waals surface area contributed by atoms with Gasteiger partial charge in [0, 0.05) is 10.7 Å². The number of esters is 1. The van der Waals surface area contributed by atoms with Crippen molar-refractivity contribution in [1.82, 2.24) is 4.57 Å². The Kier molecular flexibility index (Phi) is 9.55. The van der Waals surface area contributed by atoms with Crippen molar-refractivity contribution >= 4 is 39.3 Å². The van der Waals surface area contributed by atoms with Crippen LogP contribution >= 0.6 is 27.3 Å². The Balaban J connectivity index is 1.37. The Morgan fingerprint density at radius 2 is 1.74 bits per heavy atom. The molecule has 0 aliphatic carbocycles. The molecule has 13 heteroatoms. The number of ether oxygens (including phenoxy) is 7. The van der Waals surface area contributed by atoms with Crippen molar-refractivity contribution in [2.75, 3.05) is 34.2 Å². The maximum Gasteiger partial charge on any atom is 0.337 e. The SMILES string of the molecule is CCOc1ccc([C@@H]2C(C(=O)OC)=CN=c3s/c(=C\c4cc(OC)c(OCc5ccc6c(c5)OCO6)cc4Br)c(=O)n32)cc1OCC. The molecular weight excluding hydrogens is 692 g/mol. The molecule has 6 rings (SSSR count). The number of carbonyl (C=O) groups is 1. The summed E-state index contributed by atoms with van der Waals surface area (Å²) in [6.45, 7) is 5.09. The molecule has 0 radical (unpaired) electrons. The van der Waals surface area contributed by atoms with Crippen LogP contribution in [0.5, 0.6) is 34.5 Å². The Bertz CT molecular complexity index is 2050. The van der Waals surface area contributed by atoms with E-state index in [4.69, 9.17) is 33.2 Å². The van der Waals surface area contributed by atoms with Crippen LogP contribution in [0.15, 0.2) is 74.6 Å². The minimum absolute atomic E-state index is 0.198. The third kappa shape index (κ3) is 6.45. The van der Waals surface area contributed by atoms with Gasteiger partial charge in [0.2, 0.25) is 6.79 Å². The lowest BCUT2D eigenvalue weighted by Gasteiger charge is -2.23. The van der Waals surface area contributed by atoms with Crippen LogP contribution in [0.25, 0.3) is 6.08 Å². The molecule has 1 aromatic heterocycles. The zero-order chi connectivity index (χ0) is 33.1. The zero-order valence-corrected chi connectivity index (χ0v) is 28.4. The number of nitrogens with zero attached hydrogens (tertiary/aromatic N) is 2. The van der Waals surface area contributed by atoms with E-state index in [2.05, 4.69) is 20.9 Å². The molecule has 0 amide bonds. The fourth-order valence-corrected chi connectivity index (χ4v) is 6.65. The summed E-state index contributed by atoms with van der Waals surface area (Å²) < 4.78 is 41.8. The number of halogens is 1. The molecule has 0 N–H and O–H groups in total. The topological polar surface area (TPSA) is 116 Å². The third-order valence-electron chi connectivity index (χ3n) is 7.41. The van der Waals surface area contributed by atoms with Crippen LogP contribution in [0, 0.1) is 0 Å². The van der Waals surface area contributed by atoms with Crippen molar-refractivity contribution in [3.63, 3.8) is 0 Å². The molecule has 0 spiro atoms. The normalized spacial score (nSPS) is 15.0. The van der Waals surface area contributed by atoms with E-state index in [1.807, 2.05) is 32.0 Å². The van der Waals surface area contributed by atoms with Gasteiger partial charge in [-0.15, -0.1) is 0 Å². The largest absolute Gasteiger partial charge is 0.493 e. The number of rotatable bonds is 11. The van der Waals surface area contributed by atoms with Gasteiger partial charge in [-0.1, -0.05) is 39.4 Å². The Morgan fingerprint density at radius 3 is 2.51 bits per heavy atom. The van der Waals surface area contributed by atoms with Crippen LogP contribution < -0.4 is 43.3 Å². The molecule has 244 valence electrons. The van der Waals surface area contributed by atoms with Gasteiger partial charge in [-0.2, -0.15) is 0 Å². The monoisotopic (exact) mass is 722 g/mol. The summed E-state index contributed by atoms with van der Waals surface area (Å²) in [6.07, 6.45) is 3.20. The molecule has 11 nitrogen and oxygen atoms in total. The van der Waals surface area contributed by atoms with Crippen LogP contribution in [0.2, 0.25) is 0 Å². The second-order valence-corrected chi connectivity index (χ2v) is 12.1. The standard InChI is InChI=1S/C34H31BrN2O9S/c1-5-42-24-10-8-20(12-28(24)43-6-2)31-22(33(39)41-4)16-36-34-37(31)32(38)30(47-34)14-21-13-26(40-3)29(15-23(21)35)44-17-19-7-9-25-27(11-19)46-18-45-25/h7-16,31H,5-6,17-18H2,1-4H3/b30-14-/t31-/m1/s1. The first-order chi connectivity index (χ1) is 22.8. The van der Waals surface area contributed by atoms with Crippen molar-refractivity contribution in [2.45, 2.75) is 26.5 Å². The maximum absolute atomic E-state index is 14.1. The number of hydrogen-bond acceptors (Lipinski definition) is 11. The van der Waals surface area contributed by atoms with Crippen molar-refractivity contribution in [3.05, 3.63) is 101 Å². The van der Waals surface area contributed by atoms with Crippen LogP contribution in [0.1, 0.15) is 36.6 Å². The first-order valence-corrected chi connectivity index (χ1v) is 16.3. The quantitative estimate of drug-likeness (QED) is 0.200. The lowest BCUT2D eigenvalue weighted by molar-refractivity contribution is -0.136. The molecule has 0 saturated carbocycles. The first kappa shape index (κ1) is 32.2. The van der Waals surface area contributed by atoms with Gasteiger partial charge in [0.25, 0.3) is 5.56 Å². The van der Waals surface area contributed by atoms with Gasteiger partial charge in [-0.3, -0.25) is 9.36 Å². The lowest BCUT2D eigenvalue weighted by atomic mass is 9.97. The molecule has 2 aliphatic rings. The highest BCUT2D eigenvalue weighted by atomic mass is 79.9. The van der Waals surface area contributed by atoms with Crippen LogP contribution in [-0.2, 0) is 16.1 Å². The summed E-state index contributed by atoms with van der Waals surface area (Å²) in [6, 6.07) is 13.8. The Labute approximate surface area is 282 Å². The Hall–Kier alpha value is -4.75. The van der Waals surface area contributed by atoms with E-state index in [1.165, 1.54) is 29.2 Å². The van der Waals surface area contributed by atoms with E-state index < -0.39 is 12.0 Å². The molecule has 3 heterocycles. The molecule has 0 saturated heterocycles. The van der Waals surface area contributed by atoms with E-state index in [1.54, 1.807) is 43.5 Å². The van der Waals surface area contributed by atoms with Crippen LogP contribution in [-0.4, -0.2) is 44.8 Å². The predicted molar refractivity (Wildman–Crippen MR) is 178 cm³/mol. The fraction of sp³-hybridized carbons (Fsp3) is 0.265. The van der Waals surface area contributed by atoms with Gasteiger partial charge < -0.3 is 33.2 Å². The lowest BCUT2D eigenvalue weighted by Crippen LogP contribution is -2.39. The highest BCUT2D eigenvalue weighted by Gasteiger charge is 2.31. The summed E-state index contributed by atoms with van der Waals surface area (Å²) in [5, 5.41) is 0. The molecule has 0 bridgehead atoms. The molecule has 3 aromatic carbocycles. The first-order valence-electron chi connectivity index (χ1n) is 14.7. The molecule has 47 heavy (non-hydrogen) atoms. The number of fused-ring (bicyclic) bond motifs is 2. The average Bonchev–Trinajstić information content (AvgIpc) is 3.68. The summed E-state index contributed by atoms with van der Waals surface area (Å²) in [5.74, 6) is 2.85. The summed E-state index contributed by atoms with van der Waals surface area (Å²) >= 11 is 4.84. The second-order valence-electron chi connectivity index (χ2n) is 10.2. The summed E-state index contributed by atoms with van der Waals surface area (Å²) in [5.41, 5.74) is 2.12. The van der Waals surface area contributed by atoms with Gasteiger partial charge in [0.15, 0.2) is 39.3 Å². The highest BCUT2D eigenvalue weighted by molar-refractivity contribution is 9.10. The number of aromatic nitrogens is 1. The molecule has 4 aromatic rings. The predicted octanol–water partition coefficient (Wildman–Crippen LogP) is 4.89. The molecule has 1 atom stereocenters. The van der Waals surface area contributed by atoms with Crippen molar-refractivity contribution in [3.8, 4) is 34.5 Å². The minimum atomic E-state index is -0.805. The average molecular weight is 724 g/mol. The molecule has 0 unspecified atom stereocenters. The number of benzene rings is 3. The van der Waals surface area contributed by atoms with Gasteiger partial charge in [0.05, 0.1) is 43.6 Å². The molecule has 2 aliphatic heterocycles. The van der Waals surface area contributed by atoms with E-state index >= 15 is 0 Å². The van der Waals surface area contributed by atoms with Crippen molar-refractivity contribution < 1.29 is 38.0 Å². The van der Waals surface area contributed by atoms with Crippen LogP contribution in [0.3, 0.4) is 0 Å². The number of hydrogen-bond donors (Lipinski definition) is 0. The highest BCUT2D eigenvalue weighted by Crippen LogP contribution is 2.37. The third-order valence-corrected chi connectivity index (χ3v) is 9.09. The van der Waals surface area contributed by atoms with Gasteiger partial charge in [-0.05, 0) is 73.0 Å². The zero-order valence-electron chi connectivity index (χ0n) is 26.0. The second kappa shape index (κ2) is 13.9. The summed E-state index contributed by atoms with van der Waals surface area (Å²) in [4.78, 5) is 31.9. The number of thiazole rings is 1. The summed E-state index contributed by atoms with van der Waals surface area (Å²) in [7, 11) is 2.85. The fourth-order valence-electron chi connectivity index (χ4n) is 5.25. The van der Waals surface area contributed by atoms with Gasteiger partial charge in [-0.25, -0.2) is 9.79 Å². The maximum atomic E-state index is 14.1. The molecule has 0 fully saturated rings. The van der Waals surface area contributed by atoms with E-state index in [0.29, 0.717) is 72.6 Å². The van der Waals surface area contributed by atoms with E-state index in [0.717, 1.165) is 5.56 Å². The van der Waals surface area contributed by atoms with E-state index in [-0.39, 0.29) is 24.5 Å². The van der Waals surface area contributed by atoms with Crippen LogP contribution in [0.4, 0.5) is 0 Å². The van der Waals surface area contributed by atoms with Gasteiger partial charge in [0.1, 0.15) is 6.61 Å². The Morgan fingerprint density at radius 1 is 0.979 bits per heavy atom. The van der Waals surface area contributed by atoms with E-state index in [9.17, 15) is 9.59 Å². The van der Waals surface area contributed by atoms with Crippen molar-refractivity contribution in [1.29, 1.82) is 0 Å². The number of methoxy groups -OCH3 is 2. The van der Waals surface area contributed by atoms with Crippen molar-refractivity contribution in [2.24, 2.45) is 4.99 Å².